The zero-order chi connectivity index (χ0) is 18.1. The van der Waals surface area contributed by atoms with E-state index in [9.17, 15) is 0 Å². The molecule has 5 aromatic rings. The van der Waals surface area contributed by atoms with Crippen LogP contribution in [0.15, 0.2) is 103 Å². The van der Waals surface area contributed by atoms with Crippen molar-refractivity contribution in [1.82, 2.24) is 4.98 Å². The number of benzene rings is 4. The average molecular weight is 347 g/mol. The van der Waals surface area contributed by atoms with Crippen LogP contribution in [0.5, 0.6) is 11.6 Å². The summed E-state index contributed by atoms with van der Waals surface area (Å²) < 4.78 is 5.80. The molecule has 0 spiro atoms. The van der Waals surface area contributed by atoms with Crippen LogP contribution in [0.3, 0.4) is 0 Å². The summed E-state index contributed by atoms with van der Waals surface area (Å²) in [7, 11) is 0. The summed E-state index contributed by atoms with van der Waals surface area (Å²) in [5, 5.41) is 5.03. The molecule has 0 fully saturated rings. The topological polar surface area (TPSA) is 22.1 Å². The van der Waals surface area contributed by atoms with E-state index in [1.807, 2.05) is 30.3 Å². The highest BCUT2D eigenvalue weighted by molar-refractivity contribution is 6.04. The van der Waals surface area contributed by atoms with Gasteiger partial charge >= 0.3 is 0 Å². The summed E-state index contributed by atoms with van der Waals surface area (Å²) >= 11 is 0. The zero-order valence-electron chi connectivity index (χ0n) is 14.7. The minimum Gasteiger partial charge on any atom is -0.439 e. The van der Waals surface area contributed by atoms with Gasteiger partial charge in [-0.1, -0.05) is 60.7 Å². The molecular weight excluding hydrogens is 330 g/mol. The van der Waals surface area contributed by atoms with Gasteiger partial charge in [-0.3, -0.25) is 0 Å². The Labute approximate surface area is 157 Å². The molecule has 2 nitrogen and oxygen atoms in total. The van der Waals surface area contributed by atoms with Crippen LogP contribution in [0.25, 0.3) is 32.7 Å². The second-order valence-electron chi connectivity index (χ2n) is 6.52. The summed E-state index contributed by atoms with van der Waals surface area (Å²) in [6, 6.07) is 33.3. The molecule has 0 radical (unpaired) electrons. The normalized spacial score (nSPS) is 11.0. The van der Waals surface area contributed by atoms with Crippen LogP contribution in [0, 0.1) is 0 Å². The SMILES string of the molecule is c1ccc(Oc2ccc(-c3cccc4cc5ccccc5cc34)cc2)nc1. The van der Waals surface area contributed by atoms with Crippen molar-refractivity contribution in [3.8, 4) is 22.8 Å². The third-order valence-electron chi connectivity index (χ3n) is 4.77. The van der Waals surface area contributed by atoms with Gasteiger partial charge in [-0.25, -0.2) is 4.98 Å². The Bertz CT molecular complexity index is 1230. The van der Waals surface area contributed by atoms with Gasteiger partial charge in [0.1, 0.15) is 5.75 Å². The van der Waals surface area contributed by atoms with E-state index in [4.69, 9.17) is 4.74 Å². The van der Waals surface area contributed by atoms with Crippen molar-refractivity contribution in [2.75, 3.05) is 0 Å². The molecule has 27 heavy (non-hydrogen) atoms. The van der Waals surface area contributed by atoms with E-state index in [1.165, 1.54) is 32.7 Å². The Balaban J connectivity index is 1.56. The van der Waals surface area contributed by atoms with Gasteiger partial charge in [0.25, 0.3) is 0 Å². The first-order chi connectivity index (χ1) is 13.4. The van der Waals surface area contributed by atoms with E-state index >= 15 is 0 Å². The smallest absolute Gasteiger partial charge is 0.219 e. The van der Waals surface area contributed by atoms with E-state index in [0.717, 1.165) is 5.75 Å². The molecule has 0 saturated carbocycles. The molecule has 5 rings (SSSR count). The number of aromatic nitrogens is 1. The molecule has 0 aliphatic heterocycles. The standard InChI is InChI=1S/C25H17NO/c1-2-7-20-17-24-21(16-19(20)6-1)8-5-9-23(24)18-11-13-22(14-12-18)27-25-10-3-4-15-26-25/h1-17H. The van der Waals surface area contributed by atoms with E-state index in [0.29, 0.717) is 5.88 Å². The van der Waals surface area contributed by atoms with Gasteiger partial charge in [-0.15, -0.1) is 0 Å². The fourth-order valence-electron chi connectivity index (χ4n) is 3.45. The number of rotatable bonds is 3. The number of hydrogen-bond donors (Lipinski definition) is 0. The molecule has 0 saturated heterocycles. The molecule has 0 atom stereocenters. The van der Waals surface area contributed by atoms with Crippen molar-refractivity contribution in [2.45, 2.75) is 0 Å². The van der Waals surface area contributed by atoms with Crippen LogP contribution in [0.1, 0.15) is 0 Å². The van der Waals surface area contributed by atoms with Crippen LogP contribution in [0.4, 0.5) is 0 Å². The number of fused-ring (bicyclic) bond motifs is 2. The van der Waals surface area contributed by atoms with Gasteiger partial charge in [-0.05, 0) is 63.0 Å². The second-order valence-corrected chi connectivity index (χ2v) is 6.52. The second kappa shape index (κ2) is 6.58. The maximum absolute atomic E-state index is 5.80. The third kappa shape index (κ3) is 3.02. The Hall–Kier alpha value is -3.65. The first-order valence-corrected chi connectivity index (χ1v) is 8.98. The van der Waals surface area contributed by atoms with Gasteiger partial charge in [0.15, 0.2) is 0 Å². The van der Waals surface area contributed by atoms with Crippen LogP contribution in [-0.4, -0.2) is 4.98 Å². The summed E-state index contributed by atoms with van der Waals surface area (Å²) in [6.45, 7) is 0. The largest absolute Gasteiger partial charge is 0.439 e. The predicted octanol–water partition coefficient (Wildman–Crippen LogP) is 6.85. The first-order valence-electron chi connectivity index (χ1n) is 8.98. The van der Waals surface area contributed by atoms with Gasteiger partial charge in [0.05, 0.1) is 0 Å². The van der Waals surface area contributed by atoms with Crippen LogP contribution in [-0.2, 0) is 0 Å². The molecule has 128 valence electrons. The fourth-order valence-corrected chi connectivity index (χ4v) is 3.45. The third-order valence-corrected chi connectivity index (χ3v) is 4.77. The molecule has 1 aromatic heterocycles. The monoisotopic (exact) mass is 347 g/mol. The molecule has 0 bridgehead atoms. The van der Waals surface area contributed by atoms with Crippen LogP contribution >= 0.6 is 0 Å². The van der Waals surface area contributed by atoms with Crippen molar-refractivity contribution in [3.63, 3.8) is 0 Å². The van der Waals surface area contributed by atoms with Gasteiger partial charge < -0.3 is 4.74 Å². The zero-order valence-corrected chi connectivity index (χ0v) is 14.7. The lowest BCUT2D eigenvalue weighted by molar-refractivity contribution is 0.463. The Morgan fingerprint density at radius 2 is 1.33 bits per heavy atom. The average Bonchev–Trinajstić information content (AvgIpc) is 2.73. The number of nitrogens with zero attached hydrogens (tertiary/aromatic N) is 1. The molecule has 0 amide bonds. The minimum atomic E-state index is 0.599. The molecular formula is C25H17NO. The van der Waals surface area contributed by atoms with E-state index in [1.54, 1.807) is 6.20 Å². The van der Waals surface area contributed by atoms with Crippen molar-refractivity contribution in [2.24, 2.45) is 0 Å². The lowest BCUT2D eigenvalue weighted by Gasteiger charge is -2.10. The lowest BCUT2D eigenvalue weighted by Crippen LogP contribution is -1.87. The summed E-state index contributed by atoms with van der Waals surface area (Å²) in [6.07, 6.45) is 1.73. The van der Waals surface area contributed by atoms with Gasteiger partial charge in [0.2, 0.25) is 5.88 Å². The van der Waals surface area contributed by atoms with E-state index in [2.05, 4.69) is 71.7 Å². The summed E-state index contributed by atoms with van der Waals surface area (Å²) in [5.41, 5.74) is 2.40. The molecule has 2 heteroatoms. The summed E-state index contributed by atoms with van der Waals surface area (Å²) in [5.74, 6) is 1.38. The molecule has 0 unspecified atom stereocenters. The highest BCUT2D eigenvalue weighted by atomic mass is 16.5. The Morgan fingerprint density at radius 1 is 0.593 bits per heavy atom. The lowest BCUT2D eigenvalue weighted by atomic mass is 9.95. The van der Waals surface area contributed by atoms with E-state index in [-0.39, 0.29) is 0 Å². The van der Waals surface area contributed by atoms with E-state index < -0.39 is 0 Å². The Kier molecular flexibility index (Phi) is 3.80. The minimum absolute atomic E-state index is 0.599. The molecule has 1 heterocycles. The quantitative estimate of drug-likeness (QED) is 0.333. The Morgan fingerprint density at radius 3 is 2.11 bits per heavy atom. The first kappa shape index (κ1) is 15.6. The molecule has 0 aliphatic carbocycles. The highest BCUT2D eigenvalue weighted by Gasteiger charge is 2.06. The van der Waals surface area contributed by atoms with Crippen molar-refractivity contribution in [1.29, 1.82) is 0 Å². The van der Waals surface area contributed by atoms with Crippen molar-refractivity contribution < 1.29 is 4.74 Å². The maximum atomic E-state index is 5.80. The van der Waals surface area contributed by atoms with Crippen LogP contribution in [0.2, 0.25) is 0 Å². The van der Waals surface area contributed by atoms with Crippen molar-refractivity contribution >= 4 is 21.5 Å². The number of hydrogen-bond acceptors (Lipinski definition) is 2. The maximum Gasteiger partial charge on any atom is 0.219 e. The molecule has 0 aliphatic rings. The number of ether oxygens (including phenoxy) is 1. The van der Waals surface area contributed by atoms with Crippen molar-refractivity contribution in [3.05, 3.63) is 103 Å². The molecule has 4 aromatic carbocycles. The predicted molar refractivity (Wildman–Crippen MR) is 111 cm³/mol. The molecule has 0 N–H and O–H groups in total. The van der Waals surface area contributed by atoms with Gasteiger partial charge in [0, 0.05) is 12.3 Å². The highest BCUT2D eigenvalue weighted by Crippen LogP contribution is 2.33. The summed E-state index contributed by atoms with van der Waals surface area (Å²) in [4.78, 5) is 4.20. The number of pyridine rings is 1. The van der Waals surface area contributed by atoms with Gasteiger partial charge in [-0.2, -0.15) is 0 Å². The van der Waals surface area contributed by atoms with Crippen LogP contribution < -0.4 is 4.74 Å². The fraction of sp³-hybridized carbons (Fsp3) is 0.